The number of thioether (sulfide) groups is 1. The molecule has 0 radical (unpaired) electrons. The van der Waals surface area contributed by atoms with Crippen LogP contribution in [0.5, 0.6) is 0 Å². The Balaban J connectivity index is 1.77. The molecule has 3 aromatic carbocycles. The Kier molecular flexibility index (Phi) is 6.28. The zero-order valence-corrected chi connectivity index (χ0v) is 17.2. The second-order valence-corrected chi connectivity index (χ2v) is 8.82. The normalized spacial score (nSPS) is 11.1. The van der Waals surface area contributed by atoms with Gasteiger partial charge in [-0.1, -0.05) is 23.7 Å². The molecule has 0 saturated carbocycles. The lowest BCUT2D eigenvalue weighted by molar-refractivity contribution is 0.102. The van der Waals surface area contributed by atoms with Gasteiger partial charge in [0.25, 0.3) is 15.9 Å². The molecule has 5 nitrogen and oxygen atoms in total. The van der Waals surface area contributed by atoms with Crippen LogP contribution in [-0.4, -0.2) is 20.6 Å². The zero-order valence-electron chi connectivity index (χ0n) is 14.8. The highest BCUT2D eigenvalue weighted by Crippen LogP contribution is 2.21. The van der Waals surface area contributed by atoms with Crippen LogP contribution in [0.2, 0.25) is 5.02 Å². The van der Waals surface area contributed by atoms with Crippen molar-refractivity contribution < 1.29 is 13.2 Å². The van der Waals surface area contributed by atoms with Crippen molar-refractivity contribution in [3.8, 4) is 0 Å². The molecule has 8 heteroatoms. The number of anilines is 2. The van der Waals surface area contributed by atoms with E-state index in [-0.39, 0.29) is 10.8 Å². The van der Waals surface area contributed by atoms with Gasteiger partial charge in [0.2, 0.25) is 0 Å². The third-order valence-electron chi connectivity index (χ3n) is 3.83. The third kappa shape index (κ3) is 5.07. The minimum atomic E-state index is -3.78. The van der Waals surface area contributed by atoms with Crippen LogP contribution >= 0.6 is 23.4 Å². The first-order chi connectivity index (χ1) is 13.4. The molecule has 0 aliphatic heterocycles. The van der Waals surface area contributed by atoms with Crippen molar-refractivity contribution >= 4 is 50.7 Å². The largest absolute Gasteiger partial charge is 0.322 e. The average Bonchev–Trinajstić information content (AvgIpc) is 2.68. The molecule has 0 aliphatic rings. The van der Waals surface area contributed by atoms with Gasteiger partial charge in [0, 0.05) is 26.9 Å². The van der Waals surface area contributed by atoms with E-state index in [0.29, 0.717) is 22.0 Å². The fourth-order valence-corrected chi connectivity index (χ4v) is 4.09. The van der Waals surface area contributed by atoms with Crippen LogP contribution in [0.15, 0.2) is 82.6 Å². The Morgan fingerprint density at radius 1 is 0.929 bits per heavy atom. The highest BCUT2D eigenvalue weighted by Gasteiger charge is 2.15. The standard InChI is InChI=1S/C20H17ClN2O3S2/c1-27-18-7-3-5-16(13-18)22-20(24)14-4-2-6-17(12-14)23-28(25,26)19-10-8-15(21)9-11-19/h2-13,23H,1H3,(H,22,24). The number of nitrogens with one attached hydrogen (secondary N) is 2. The van der Waals surface area contributed by atoms with Crippen molar-refractivity contribution in [3.63, 3.8) is 0 Å². The maximum atomic E-state index is 12.5. The molecule has 0 aromatic heterocycles. The first kappa shape index (κ1) is 20.3. The number of carbonyl (C=O) groups is 1. The van der Waals surface area contributed by atoms with E-state index < -0.39 is 10.0 Å². The first-order valence-corrected chi connectivity index (χ1v) is 11.3. The summed E-state index contributed by atoms with van der Waals surface area (Å²) in [4.78, 5) is 13.6. The van der Waals surface area contributed by atoms with Crippen LogP contribution in [-0.2, 0) is 10.0 Å². The van der Waals surface area contributed by atoms with Crippen LogP contribution in [0.4, 0.5) is 11.4 Å². The van der Waals surface area contributed by atoms with Gasteiger partial charge in [-0.2, -0.15) is 0 Å². The van der Waals surface area contributed by atoms with Crippen LogP contribution in [0.1, 0.15) is 10.4 Å². The molecule has 0 aliphatic carbocycles. The van der Waals surface area contributed by atoms with Gasteiger partial charge in [-0.25, -0.2) is 8.42 Å². The summed E-state index contributed by atoms with van der Waals surface area (Å²) in [5.41, 5.74) is 1.30. The van der Waals surface area contributed by atoms with Gasteiger partial charge in [-0.05, 0) is 66.9 Å². The summed E-state index contributed by atoms with van der Waals surface area (Å²) in [6, 6.07) is 19.6. The van der Waals surface area contributed by atoms with Gasteiger partial charge in [0.05, 0.1) is 4.90 Å². The van der Waals surface area contributed by atoms with Gasteiger partial charge >= 0.3 is 0 Å². The van der Waals surface area contributed by atoms with E-state index in [4.69, 9.17) is 11.6 Å². The summed E-state index contributed by atoms with van der Waals surface area (Å²) in [5, 5.41) is 3.26. The summed E-state index contributed by atoms with van der Waals surface area (Å²) >= 11 is 7.38. The predicted molar refractivity (Wildman–Crippen MR) is 115 cm³/mol. The van der Waals surface area contributed by atoms with Crippen molar-refractivity contribution in [1.29, 1.82) is 0 Å². The molecule has 0 heterocycles. The lowest BCUT2D eigenvalue weighted by atomic mass is 10.2. The minimum Gasteiger partial charge on any atom is -0.322 e. The van der Waals surface area contributed by atoms with E-state index in [1.54, 1.807) is 36.0 Å². The molecule has 1 amide bonds. The van der Waals surface area contributed by atoms with E-state index in [1.165, 1.54) is 30.3 Å². The summed E-state index contributed by atoms with van der Waals surface area (Å²) < 4.78 is 27.5. The van der Waals surface area contributed by atoms with Crippen LogP contribution in [0.3, 0.4) is 0 Å². The number of carbonyl (C=O) groups excluding carboxylic acids is 1. The topological polar surface area (TPSA) is 75.3 Å². The Morgan fingerprint density at radius 2 is 1.61 bits per heavy atom. The minimum absolute atomic E-state index is 0.0839. The number of rotatable bonds is 6. The van der Waals surface area contributed by atoms with E-state index in [1.807, 2.05) is 24.5 Å². The van der Waals surface area contributed by atoms with Gasteiger partial charge < -0.3 is 5.32 Å². The van der Waals surface area contributed by atoms with Crippen molar-refractivity contribution in [2.24, 2.45) is 0 Å². The Bertz CT molecular complexity index is 1100. The molecular weight excluding hydrogens is 416 g/mol. The average molecular weight is 433 g/mol. The second kappa shape index (κ2) is 8.68. The first-order valence-electron chi connectivity index (χ1n) is 8.21. The number of amides is 1. The number of benzene rings is 3. The Labute approximate surface area is 173 Å². The number of halogens is 1. The molecule has 0 fully saturated rings. The SMILES string of the molecule is CSc1cccc(NC(=O)c2cccc(NS(=O)(=O)c3ccc(Cl)cc3)c2)c1. The second-order valence-electron chi connectivity index (χ2n) is 5.83. The molecule has 0 spiro atoms. The Morgan fingerprint density at radius 3 is 2.32 bits per heavy atom. The molecular formula is C20H17ClN2O3S2. The molecule has 0 saturated heterocycles. The molecule has 28 heavy (non-hydrogen) atoms. The number of hydrogen-bond donors (Lipinski definition) is 2. The summed E-state index contributed by atoms with van der Waals surface area (Å²) in [7, 11) is -3.78. The maximum absolute atomic E-state index is 12.5. The van der Waals surface area contributed by atoms with Crippen LogP contribution < -0.4 is 10.0 Å². The molecule has 0 unspecified atom stereocenters. The molecule has 144 valence electrons. The molecule has 0 bridgehead atoms. The smallest absolute Gasteiger partial charge is 0.261 e. The summed E-state index contributed by atoms with van der Waals surface area (Å²) in [6.07, 6.45) is 1.96. The fraction of sp³-hybridized carbons (Fsp3) is 0.0500. The van der Waals surface area contributed by atoms with Gasteiger partial charge in [-0.15, -0.1) is 11.8 Å². The van der Waals surface area contributed by atoms with Crippen molar-refractivity contribution in [2.45, 2.75) is 9.79 Å². The zero-order chi connectivity index (χ0) is 20.1. The lowest BCUT2D eigenvalue weighted by Gasteiger charge is -2.10. The van der Waals surface area contributed by atoms with Crippen LogP contribution in [0, 0.1) is 0 Å². The number of hydrogen-bond acceptors (Lipinski definition) is 4. The van der Waals surface area contributed by atoms with E-state index in [9.17, 15) is 13.2 Å². The van der Waals surface area contributed by atoms with Crippen molar-refractivity contribution in [3.05, 3.63) is 83.4 Å². The predicted octanol–water partition coefficient (Wildman–Crippen LogP) is 5.12. The van der Waals surface area contributed by atoms with E-state index >= 15 is 0 Å². The maximum Gasteiger partial charge on any atom is 0.261 e. The van der Waals surface area contributed by atoms with Gasteiger partial charge in [-0.3, -0.25) is 9.52 Å². The quantitative estimate of drug-likeness (QED) is 0.530. The third-order valence-corrected chi connectivity index (χ3v) is 6.20. The Hall–Kier alpha value is -2.48. The molecule has 2 N–H and O–H groups in total. The fourth-order valence-electron chi connectivity index (χ4n) is 2.46. The van der Waals surface area contributed by atoms with Crippen molar-refractivity contribution in [2.75, 3.05) is 16.3 Å². The highest BCUT2D eigenvalue weighted by molar-refractivity contribution is 7.98. The van der Waals surface area contributed by atoms with Gasteiger partial charge in [0.15, 0.2) is 0 Å². The highest BCUT2D eigenvalue weighted by atomic mass is 35.5. The number of sulfonamides is 1. The van der Waals surface area contributed by atoms with Crippen molar-refractivity contribution in [1.82, 2.24) is 0 Å². The summed E-state index contributed by atoms with van der Waals surface area (Å²) in [5.74, 6) is -0.328. The van der Waals surface area contributed by atoms with E-state index in [0.717, 1.165) is 4.90 Å². The van der Waals surface area contributed by atoms with E-state index in [2.05, 4.69) is 10.0 Å². The summed E-state index contributed by atoms with van der Waals surface area (Å²) in [6.45, 7) is 0. The lowest BCUT2D eigenvalue weighted by Crippen LogP contribution is -2.15. The monoisotopic (exact) mass is 432 g/mol. The molecule has 3 aromatic rings. The van der Waals surface area contributed by atoms with Gasteiger partial charge in [0.1, 0.15) is 0 Å². The molecule has 3 rings (SSSR count). The van der Waals surface area contributed by atoms with Crippen LogP contribution in [0.25, 0.3) is 0 Å². The molecule has 0 atom stereocenters.